The van der Waals surface area contributed by atoms with Crippen molar-refractivity contribution in [2.45, 2.75) is 32.0 Å². The highest BCUT2D eigenvalue weighted by Gasteiger charge is 2.41. The predicted molar refractivity (Wildman–Crippen MR) is 114 cm³/mol. The molecule has 0 bridgehead atoms. The molecule has 0 saturated heterocycles. The molecular weight excluding hydrogens is 387 g/mol. The van der Waals surface area contributed by atoms with E-state index < -0.39 is 19.2 Å². The normalized spacial score (nSPS) is 15.4. The summed E-state index contributed by atoms with van der Waals surface area (Å²) in [6.45, 7) is 3.02. The van der Waals surface area contributed by atoms with Gasteiger partial charge in [0.15, 0.2) is 0 Å². The van der Waals surface area contributed by atoms with Crippen molar-refractivity contribution < 1.29 is 23.5 Å². The maximum absolute atomic E-state index is 13.1. The average Bonchev–Trinajstić information content (AvgIpc) is 2.71. The molecule has 5 nitrogen and oxygen atoms in total. The van der Waals surface area contributed by atoms with Crippen LogP contribution in [0.1, 0.15) is 31.4 Å². The molecular formula is C23H25O5P. The van der Waals surface area contributed by atoms with E-state index >= 15 is 0 Å². The fraction of sp³-hybridized carbons (Fsp3) is 0.261. The molecule has 0 spiro atoms. The van der Waals surface area contributed by atoms with E-state index in [1.165, 1.54) is 6.92 Å². The number of ether oxygens (including phenoxy) is 1. The van der Waals surface area contributed by atoms with E-state index in [4.69, 9.17) is 9.26 Å². The van der Waals surface area contributed by atoms with Crippen LogP contribution in [0.2, 0.25) is 0 Å². The van der Waals surface area contributed by atoms with Gasteiger partial charge in [-0.25, -0.2) is 0 Å². The lowest BCUT2D eigenvalue weighted by Crippen LogP contribution is -2.35. The van der Waals surface area contributed by atoms with Crippen molar-refractivity contribution in [3.05, 3.63) is 83.9 Å². The number of rotatable bonds is 8. The maximum Gasteiger partial charge on any atom is 0.333 e. The zero-order chi connectivity index (χ0) is 20.9. The monoisotopic (exact) mass is 412 g/mol. The first-order chi connectivity index (χ1) is 13.9. The Balaban J connectivity index is 2.05. The Bertz CT molecular complexity index is 1030. The van der Waals surface area contributed by atoms with Gasteiger partial charge in [0, 0.05) is 6.92 Å². The van der Waals surface area contributed by atoms with Gasteiger partial charge in [-0.05, 0) is 28.3 Å². The lowest BCUT2D eigenvalue weighted by atomic mass is 9.88. The summed E-state index contributed by atoms with van der Waals surface area (Å²) in [7, 11) is -4.05. The molecule has 0 saturated carbocycles. The zero-order valence-electron chi connectivity index (χ0n) is 16.6. The van der Waals surface area contributed by atoms with E-state index in [1.807, 2.05) is 67.6 Å². The van der Waals surface area contributed by atoms with Gasteiger partial charge < -0.3 is 9.63 Å². The summed E-state index contributed by atoms with van der Waals surface area (Å²) in [5.41, 5.74) is 0.182. The molecule has 3 rings (SSSR count). The minimum Gasteiger partial charge on any atom is -0.462 e. The first-order valence-corrected chi connectivity index (χ1v) is 11.3. The third-order valence-corrected chi connectivity index (χ3v) is 6.30. The van der Waals surface area contributed by atoms with Crippen molar-refractivity contribution in [1.29, 1.82) is 0 Å². The highest BCUT2D eigenvalue weighted by Crippen LogP contribution is 2.53. The molecule has 0 radical (unpaired) electrons. The maximum atomic E-state index is 13.1. The first kappa shape index (κ1) is 21.3. The molecule has 29 heavy (non-hydrogen) atoms. The zero-order valence-corrected chi connectivity index (χ0v) is 17.5. The van der Waals surface area contributed by atoms with Gasteiger partial charge in [-0.1, -0.05) is 79.7 Å². The van der Waals surface area contributed by atoms with Crippen LogP contribution in [0.3, 0.4) is 0 Å². The lowest BCUT2D eigenvalue weighted by molar-refractivity contribution is -0.148. The summed E-state index contributed by atoms with van der Waals surface area (Å²) < 4.78 is 24.4. The van der Waals surface area contributed by atoms with Gasteiger partial charge in [-0.3, -0.25) is 13.9 Å². The van der Waals surface area contributed by atoms with Gasteiger partial charge in [0.1, 0.15) is 12.2 Å². The molecule has 3 aromatic carbocycles. The Hall–Kier alpha value is -2.46. The Morgan fingerprint density at radius 3 is 2.34 bits per heavy atom. The Morgan fingerprint density at radius 1 is 1.00 bits per heavy atom. The standard InChI is InChI=1S/C23H25O5P/c1-3-23(17-27-18(2)24,22-15-9-13-20-12-7-8-14-21(20)22)28-29(25,26)16-19-10-5-4-6-11-19/h4-15H,3,16-17H2,1-2H3,(H,25,26). The topological polar surface area (TPSA) is 72.8 Å². The molecule has 0 aliphatic heterocycles. The molecule has 0 aliphatic rings. The third kappa shape index (κ3) is 5.13. The SMILES string of the molecule is CCC(COC(C)=O)(OP(=O)(O)Cc1ccccc1)c1cccc2ccccc12. The van der Waals surface area contributed by atoms with Crippen molar-refractivity contribution >= 4 is 24.3 Å². The van der Waals surface area contributed by atoms with Crippen molar-refractivity contribution in [2.24, 2.45) is 0 Å². The highest BCUT2D eigenvalue weighted by atomic mass is 31.2. The number of hydrogen-bond donors (Lipinski definition) is 1. The summed E-state index contributed by atoms with van der Waals surface area (Å²) in [6, 6.07) is 22.5. The fourth-order valence-corrected chi connectivity index (χ4v) is 5.03. The molecule has 0 aliphatic carbocycles. The number of esters is 1. The van der Waals surface area contributed by atoms with E-state index in [2.05, 4.69) is 0 Å². The van der Waals surface area contributed by atoms with Crippen LogP contribution in [0, 0.1) is 0 Å². The second kappa shape index (κ2) is 8.91. The fourth-order valence-electron chi connectivity index (χ4n) is 3.47. The van der Waals surface area contributed by atoms with Crippen molar-refractivity contribution in [3.63, 3.8) is 0 Å². The van der Waals surface area contributed by atoms with Gasteiger partial charge in [-0.15, -0.1) is 0 Å². The van der Waals surface area contributed by atoms with E-state index in [0.29, 0.717) is 12.0 Å². The molecule has 2 atom stereocenters. The van der Waals surface area contributed by atoms with Crippen LogP contribution in [-0.2, 0) is 30.4 Å². The van der Waals surface area contributed by atoms with E-state index in [1.54, 1.807) is 12.1 Å². The molecule has 1 N–H and O–H groups in total. The molecule has 2 unspecified atom stereocenters. The second-order valence-electron chi connectivity index (χ2n) is 7.03. The second-order valence-corrected chi connectivity index (χ2v) is 8.80. The number of carbonyl (C=O) groups is 1. The number of benzene rings is 3. The number of hydrogen-bond acceptors (Lipinski definition) is 4. The van der Waals surface area contributed by atoms with Crippen molar-refractivity contribution in [3.8, 4) is 0 Å². The van der Waals surface area contributed by atoms with Gasteiger partial charge in [0.2, 0.25) is 0 Å². The van der Waals surface area contributed by atoms with Gasteiger partial charge in [0.05, 0.1) is 6.16 Å². The number of carbonyl (C=O) groups excluding carboxylic acids is 1. The summed E-state index contributed by atoms with van der Waals surface area (Å²) in [6.07, 6.45) is 0.230. The van der Waals surface area contributed by atoms with Crippen LogP contribution in [-0.4, -0.2) is 17.5 Å². The van der Waals surface area contributed by atoms with Crippen LogP contribution < -0.4 is 0 Å². The Labute approximate surface area is 170 Å². The molecule has 3 aromatic rings. The first-order valence-electron chi connectivity index (χ1n) is 9.53. The van der Waals surface area contributed by atoms with E-state index in [-0.39, 0.29) is 12.8 Å². The largest absolute Gasteiger partial charge is 0.462 e. The summed E-state index contributed by atoms with van der Waals surface area (Å²) >= 11 is 0. The van der Waals surface area contributed by atoms with Crippen LogP contribution in [0.15, 0.2) is 72.8 Å². The van der Waals surface area contributed by atoms with Crippen molar-refractivity contribution in [2.75, 3.05) is 6.61 Å². The molecule has 0 heterocycles. The van der Waals surface area contributed by atoms with Gasteiger partial charge in [-0.2, -0.15) is 0 Å². The smallest absolute Gasteiger partial charge is 0.333 e. The van der Waals surface area contributed by atoms with Gasteiger partial charge in [0.25, 0.3) is 0 Å². The van der Waals surface area contributed by atoms with Crippen molar-refractivity contribution in [1.82, 2.24) is 0 Å². The molecule has 0 aromatic heterocycles. The summed E-state index contributed by atoms with van der Waals surface area (Å²) in [5.74, 6) is -0.470. The molecule has 6 heteroatoms. The minimum absolute atomic E-state index is 0.125. The average molecular weight is 412 g/mol. The quantitative estimate of drug-likeness (QED) is 0.396. The van der Waals surface area contributed by atoms with E-state index in [9.17, 15) is 14.3 Å². The summed E-state index contributed by atoms with van der Waals surface area (Å²) in [4.78, 5) is 22.3. The molecule has 0 fully saturated rings. The Morgan fingerprint density at radius 2 is 1.66 bits per heavy atom. The van der Waals surface area contributed by atoms with Gasteiger partial charge >= 0.3 is 13.6 Å². The van der Waals surface area contributed by atoms with Crippen LogP contribution >= 0.6 is 7.60 Å². The molecule has 0 amide bonds. The van der Waals surface area contributed by atoms with Crippen LogP contribution in [0.4, 0.5) is 0 Å². The minimum atomic E-state index is -4.05. The third-order valence-electron chi connectivity index (χ3n) is 4.90. The Kier molecular flexibility index (Phi) is 6.53. The summed E-state index contributed by atoms with van der Waals surface area (Å²) in [5, 5.41) is 1.87. The number of fused-ring (bicyclic) bond motifs is 1. The van der Waals surface area contributed by atoms with Crippen LogP contribution in [0.5, 0.6) is 0 Å². The van der Waals surface area contributed by atoms with E-state index in [0.717, 1.165) is 16.3 Å². The van der Waals surface area contributed by atoms with Crippen LogP contribution in [0.25, 0.3) is 10.8 Å². The molecule has 152 valence electrons. The lowest BCUT2D eigenvalue weighted by Gasteiger charge is -2.35. The predicted octanol–water partition coefficient (Wildman–Crippen LogP) is 5.41. The highest BCUT2D eigenvalue weighted by molar-refractivity contribution is 7.52.